The van der Waals surface area contributed by atoms with Crippen molar-refractivity contribution in [3.63, 3.8) is 0 Å². The molecule has 1 aromatic carbocycles. The monoisotopic (exact) mass is 377 g/mol. The fraction of sp³-hybridized carbons (Fsp3) is 0.417. The third-order valence-electron chi connectivity index (χ3n) is 2.33. The van der Waals surface area contributed by atoms with E-state index in [1.54, 1.807) is 0 Å². The van der Waals surface area contributed by atoms with Crippen LogP contribution in [0, 0.1) is 5.82 Å². The average molecular weight is 378 g/mol. The molecule has 23 heavy (non-hydrogen) atoms. The molecular weight excluding hydrogens is 366 g/mol. The summed E-state index contributed by atoms with van der Waals surface area (Å²) < 4.78 is 81.4. The zero-order chi connectivity index (χ0) is 18.1. The number of nitrogens with zero attached hydrogens (tertiary/aromatic N) is 1. The highest BCUT2D eigenvalue weighted by molar-refractivity contribution is 7.87. The van der Waals surface area contributed by atoms with Gasteiger partial charge in [0.15, 0.2) is 5.72 Å². The average Bonchev–Trinajstić information content (AvgIpc) is 2.37. The van der Waals surface area contributed by atoms with Crippen LogP contribution in [0.1, 0.15) is 19.4 Å². The Labute approximate surface area is 135 Å². The number of benzene rings is 1. The Balaban J connectivity index is 3.20. The van der Waals surface area contributed by atoms with Gasteiger partial charge in [-0.05, 0) is 32.0 Å². The maximum atomic E-state index is 13.4. The van der Waals surface area contributed by atoms with Gasteiger partial charge in [0.05, 0.1) is 12.1 Å². The molecule has 0 aliphatic heterocycles. The normalized spacial score (nSPS) is 14.0. The van der Waals surface area contributed by atoms with Gasteiger partial charge in [0, 0.05) is 5.56 Å². The third-order valence-corrected chi connectivity index (χ3v) is 3.83. The van der Waals surface area contributed by atoms with E-state index >= 15 is 0 Å². The van der Waals surface area contributed by atoms with E-state index in [-0.39, 0.29) is 16.5 Å². The summed E-state index contributed by atoms with van der Waals surface area (Å²) in [6.45, 7) is 1.95. The maximum Gasteiger partial charge on any atom is 0.523 e. The number of hydrogen-bond donors (Lipinski definition) is 0. The van der Waals surface area contributed by atoms with E-state index in [4.69, 9.17) is 16.3 Å². The molecule has 0 radical (unpaired) electrons. The van der Waals surface area contributed by atoms with Crippen molar-refractivity contribution in [2.24, 2.45) is 4.99 Å². The summed E-state index contributed by atoms with van der Waals surface area (Å²) in [6, 6.07) is 3.40. The van der Waals surface area contributed by atoms with Crippen molar-refractivity contribution < 1.29 is 34.9 Å². The Hall–Kier alpha value is -1.39. The minimum absolute atomic E-state index is 0.0375. The number of hydrogen-bond acceptors (Lipinski definition) is 5. The SMILES string of the molecule is CO/C(=N\C(C)(C)OS(=O)(=O)C(F)(F)F)c1ccc(Cl)c(F)c1. The van der Waals surface area contributed by atoms with Gasteiger partial charge in [-0.3, -0.25) is 0 Å². The molecule has 0 spiro atoms. The first kappa shape index (κ1) is 19.7. The highest BCUT2D eigenvalue weighted by atomic mass is 35.5. The Morgan fingerprint density at radius 2 is 1.83 bits per heavy atom. The smallest absolute Gasteiger partial charge is 0.481 e. The lowest BCUT2D eigenvalue weighted by Crippen LogP contribution is -2.35. The van der Waals surface area contributed by atoms with Crippen molar-refractivity contribution in [3.8, 4) is 0 Å². The standard InChI is InChI=1S/C12H12ClF4NO4S/c1-11(2,22-23(19,20)12(15,16)17)18-10(21-3)7-4-5-8(13)9(14)6-7/h4-6H,1-3H3/b18-10-. The van der Waals surface area contributed by atoms with Crippen LogP contribution in [0.5, 0.6) is 0 Å². The lowest BCUT2D eigenvalue weighted by Gasteiger charge is -2.22. The molecular formula is C12H12ClF4NO4S. The van der Waals surface area contributed by atoms with Gasteiger partial charge in [-0.25, -0.2) is 13.6 Å². The van der Waals surface area contributed by atoms with Crippen LogP contribution in [0.2, 0.25) is 5.02 Å². The molecule has 0 aliphatic carbocycles. The third kappa shape index (κ3) is 5.05. The molecule has 0 saturated carbocycles. The van der Waals surface area contributed by atoms with Crippen LogP contribution in [-0.4, -0.2) is 32.7 Å². The van der Waals surface area contributed by atoms with E-state index in [1.807, 2.05) is 0 Å². The second kappa shape index (κ2) is 6.62. The molecule has 0 unspecified atom stereocenters. The van der Waals surface area contributed by atoms with Gasteiger partial charge >= 0.3 is 15.6 Å². The fourth-order valence-corrected chi connectivity index (χ4v) is 2.22. The summed E-state index contributed by atoms with van der Waals surface area (Å²) in [4.78, 5) is 3.65. The molecule has 11 heteroatoms. The molecule has 0 heterocycles. The molecule has 0 atom stereocenters. The van der Waals surface area contributed by atoms with Crippen molar-refractivity contribution in [2.45, 2.75) is 25.1 Å². The number of aliphatic imine (C=N–C) groups is 1. The minimum Gasteiger partial charge on any atom is -0.481 e. The molecule has 130 valence electrons. The van der Waals surface area contributed by atoms with Crippen LogP contribution in [0.15, 0.2) is 23.2 Å². The molecule has 5 nitrogen and oxygen atoms in total. The Morgan fingerprint density at radius 3 is 2.26 bits per heavy atom. The molecule has 0 N–H and O–H groups in total. The first-order valence-corrected chi connectivity index (χ1v) is 7.69. The van der Waals surface area contributed by atoms with Crippen LogP contribution in [0.3, 0.4) is 0 Å². The number of ether oxygens (including phenoxy) is 1. The van der Waals surface area contributed by atoms with Crippen molar-refractivity contribution in [1.82, 2.24) is 0 Å². The molecule has 0 saturated heterocycles. The van der Waals surface area contributed by atoms with Crippen molar-refractivity contribution in [3.05, 3.63) is 34.6 Å². The lowest BCUT2D eigenvalue weighted by molar-refractivity contribution is -0.0620. The second-order valence-electron chi connectivity index (χ2n) is 4.68. The summed E-state index contributed by atoms with van der Waals surface area (Å²) in [6.07, 6.45) is 0. The van der Waals surface area contributed by atoms with Crippen LogP contribution < -0.4 is 0 Å². The molecule has 1 rings (SSSR count). The predicted octanol–water partition coefficient (Wildman–Crippen LogP) is 3.47. The Bertz CT molecular complexity index is 716. The van der Waals surface area contributed by atoms with Crippen molar-refractivity contribution in [2.75, 3.05) is 7.11 Å². The molecule has 0 aliphatic rings. The lowest BCUT2D eigenvalue weighted by atomic mass is 10.2. The summed E-state index contributed by atoms with van der Waals surface area (Å²) >= 11 is 5.51. The zero-order valence-corrected chi connectivity index (χ0v) is 13.7. The van der Waals surface area contributed by atoms with Gasteiger partial charge in [-0.1, -0.05) is 11.6 Å². The molecule has 0 amide bonds. The van der Waals surface area contributed by atoms with Gasteiger partial charge in [-0.15, -0.1) is 0 Å². The van der Waals surface area contributed by atoms with Crippen molar-refractivity contribution in [1.29, 1.82) is 0 Å². The van der Waals surface area contributed by atoms with E-state index < -0.39 is 27.2 Å². The summed E-state index contributed by atoms with van der Waals surface area (Å²) in [5.41, 5.74) is -7.70. The number of rotatable bonds is 4. The van der Waals surface area contributed by atoms with E-state index in [0.29, 0.717) is 0 Å². The topological polar surface area (TPSA) is 65.0 Å². The number of halogens is 5. The molecule has 0 fully saturated rings. The molecule has 0 aromatic heterocycles. The van der Waals surface area contributed by atoms with Gasteiger partial charge in [0.25, 0.3) is 0 Å². The number of alkyl halides is 3. The van der Waals surface area contributed by atoms with Crippen LogP contribution in [0.25, 0.3) is 0 Å². The van der Waals surface area contributed by atoms with Crippen LogP contribution >= 0.6 is 11.6 Å². The van der Waals surface area contributed by atoms with E-state index in [9.17, 15) is 26.0 Å². The van der Waals surface area contributed by atoms with Gasteiger partial charge in [-0.2, -0.15) is 21.6 Å². The zero-order valence-electron chi connectivity index (χ0n) is 12.1. The van der Waals surface area contributed by atoms with Gasteiger partial charge < -0.3 is 4.74 Å². The Morgan fingerprint density at radius 1 is 1.26 bits per heavy atom. The van der Waals surface area contributed by atoms with Crippen molar-refractivity contribution >= 4 is 27.6 Å². The minimum atomic E-state index is -5.86. The summed E-state index contributed by atoms with van der Waals surface area (Å²) in [5, 5.41) is -0.181. The first-order chi connectivity index (χ1) is 10.3. The highest BCUT2D eigenvalue weighted by Gasteiger charge is 2.50. The summed E-state index contributed by atoms with van der Waals surface area (Å²) in [7, 11) is -4.74. The highest BCUT2D eigenvalue weighted by Crippen LogP contribution is 2.29. The van der Waals surface area contributed by atoms with Crippen LogP contribution in [-0.2, 0) is 19.0 Å². The molecule has 1 aromatic rings. The van der Waals surface area contributed by atoms with Gasteiger partial charge in [0.2, 0.25) is 5.90 Å². The second-order valence-corrected chi connectivity index (χ2v) is 6.62. The van der Waals surface area contributed by atoms with E-state index in [1.165, 1.54) is 12.1 Å². The fourth-order valence-electron chi connectivity index (χ4n) is 1.44. The van der Waals surface area contributed by atoms with Gasteiger partial charge in [0.1, 0.15) is 5.82 Å². The first-order valence-electron chi connectivity index (χ1n) is 5.90. The maximum absolute atomic E-state index is 13.4. The Kier molecular flexibility index (Phi) is 5.65. The largest absolute Gasteiger partial charge is 0.523 e. The van der Waals surface area contributed by atoms with E-state index in [2.05, 4.69) is 9.18 Å². The van der Waals surface area contributed by atoms with Crippen LogP contribution in [0.4, 0.5) is 17.6 Å². The molecule has 0 bridgehead atoms. The summed E-state index contributed by atoms with van der Waals surface area (Å²) in [5.74, 6) is -1.14. The quantitative estimate of drug-likeness (QED) is 0.265. The van der Waals surface area contributed by atoms with E-state index in [0.717, 1.165) is 27.0 Å². The number of methoxy groups -OCH3 is 1. The predicted molar refractivity (Wildman–Crippen MR) is 75.1 cm³/mol.